The minimum absolute atomic E-state index is 0.201. The lowest BCUT2D eigenvalue weighted by molar-refractivity contribution is 0.0385. The molecule has 2 aromatic heterocycles. The highest BCUT2D eigenvalue weighted by atomic mass is 35.5. The highest BCUT2D eigenvalue weighted by molar-refractivity contribution is 6.32. The quantitative estimate of drug-likeness (QED) is 0.253. The average molecular weight is 608 g/mol. The second-order valence-electron chi connectivity index (χ2n) is 11.3. The lowest BCUT2D eigenvalue weighted by atomic mass is 10.1. The summed E-state index contributed by atoms with van der Waals surface area (Å²) in [5.41, 5.74) is 2.87. The second-order valence-corrected chi connectivity index (χ2v) is 11.7. The molecule has 5 rings (SSSR count). The van der Waals surface area contributed by atoms with Crippen LogP contribution in [0.3, 0.4) is 0 Å². The Kier molecular flexibility index (Phi) is 9.59. The monoisotopic (exact) mass is 607 g/mol. The molecule has 1 unspecified atom stereocenters. The number of benzene rings is 2. The molecule has 3 heterocycles. The van der Waals surface area contributed by atoms with Crippen molar-refractivity contribution >= 4 is 28.9 Å². The molecule has 4 aromatic rings. The average Bonchev–Trinajstić information content (AvgIpc) is 3.38. The van der Waals surface area contributed by atoms with Crippen LogP contribution in [0.15, 0.2) is 55.1 Å². The number of nitrogens with zero attached hydrogens (tertiary/aromatic N) is 8. The summed E-state index contributed by atoms with van der Waals surface area (Å²) in [5.74, 6) is 1.71. The molecule has 0 amide bonds. The first-order valence-electron chi connectivity index (χ1n) is 14.3. The lowest BCUT2D eigenvalue weighted by Crippen LogP contribution is -2.40. The number of halogens is 1. The number of anilines is 3. The Morgan fingerprint density at radius 1 is 1.02 bits per heavy atom. The van der Waals surface area contributed by atoms with Gasteiger partial charge in [-0.05, 0) is 67.4 Å². The zero-order valence-corrected chi connectivity index (χ0v) is 25.7. The van der Waals surface area contributed by atoms with Crippen molar-refractivity contribution < 1.29 is 14.6 Å². The molecule has 2 N–H and O–H groups in total. The van der Waals surface area contributed by atoms with Crippen LogP contribution < -0.4 is 19.7 Å². The van der Waals surface area contributed by atoms with Crippen LogP contribution in [0.5, 0.6) is 11.5 Å². The third kappa shape index (κ3) is 8.31. The molecule has 1 aliphatic heterocycles. The molecule has 13 heteroatoms. The summed E-state index contributed by atoms with van der Waals surface area (Å²) in [6.07, 6.45) is 5.88. The van der Waals surface area contributed by atoms with Crippen LogP contribution in [0.25, 0.3) is 11.1 Å². The van der Waals surface area contributed by atoms with Crippen molar-refractivity contribution in [1.82, 2.24) is 35.1 Å². The Morgan fingerprint density at radius 2 is 1.84 bits per heavy atom. The zero-order valence-electron chi connectivity index (χ0n) is 24.9. The van der Waals surface area contributed by atoms with Crippen LogP contribution in [0.1, 0.15) is 27.2 Å². The molecule has 12 nitrogen and oxygen atoms in total. The maximum absolute atomic E-state index is 10.2. The maximum atomic E-state index is 10.2. The number of aromatic nitrogens is 6. The number of rotatable bonds is 11. The summed E-state index contributed by atoms with van der Waals surface area (Å²) in [6.45, 7) is 10.5. The Bertz CT molecular complexity index is 1480. The molecular weight excluding hydrogens is 570 g/mol. The highest BCUT2D eigenvalue weighted by Crippen LogP contribution is 2.33. The Morgan fingerprint density at radius 3 is 2.56 bits per heavy atom. The zero-order chi connectivity index (χ0) is 30.4. The van der Waals surface area contributed by atoms with Crippen molar-refractivity contribution in [2.24, 2.45) is 0 Å². The van der Waals surface area contributed by atoms with Crippen LogP contribution in [0.2, 0.25) is 5.02 Å². The van der Waals surface area contributed by atoms with Gasteiger partial charge >= 0.3 is 0 Å². The van der Waals surface area contributed by atoms with E-state index in [0.29, 0.717) is 35.6 Å². The molecule has 43 heavy (non-hydrogen) atoms. The van der Waals surface area contributed by atoms with Crippen LogP contribution in [0.4, 0.5) is 17.3 Å². The van der Waals surface area contributed by atoms with Gasteiger partial charge in [0.25, 0.3) is 0 Å². The summed E-state index contributed by atoms with van der Waals surface area (Å²) in [4.78, 5) is 13.8. The molecule has 1 saturated heterocycles. The maximum Gasteiger partial charge on any atom is 0.227 e. The number of nitrogens with one attached hydrogen (secondary N) is 1. The first-order chi connectivity index (χ1) is 20.7. The topological polar surface area (TPSA) is 127 Å². The summed E-state index contributed by atoms with van der Waals surface area (Å²) in [6, 6.07) is 11.7. The van der Waals surface area contributed by atoms with Gasteiger partial charge in [0.1, 0.15) is 23.9 Å². The minimum Gasteiger partial charge on any atom is -0.494 e. The summed E-state index contributed by atoms with van der Waals surface area (Å²) >= 11 is 6.41. The van der Waals surface area contributed by atoms with Crippen LogP contribution in [0, 0.1) is 0 Å². The summed E-state index contributed by atoms with van der Waals surface area (Å²) in [7, 11) is 1.66. The third-order valence-corrected chi connectivity index (χ3v) is 7.39. The molecular formula is C30H38ClN9O3. The van der Waals surface area contributed by atoms with E-state index in [1.807, 2.05) is 45.0 Å². The van der Waals surface area contributed by atoms with Crippen molar-refractivity contribution in [2.45, 2.75) is 45.4 Å². The van der Waals surface area contributed by atoms with Gasteiger partial charge in [-0.2, -0.15) is 0 Å². The Labute approximate surface area is 256 Å². The van der Waals surface area contributed by atoms with E-state index in [2.05, 4.69) is 46.7 Å². The summed E-state index contributed by atoms with van der Waals surface area (Å²) in [5, 5.41) is 25.2. The van der Waals surface area contributed by atoms with Crippen molar-refractivity contribution in [2.75, 3.05) is 50.1 Å². The van der Waals surface area contributed by atoms with Crippen LogP contribution in [-0.2, 0) is 6.54 Å². The van der Waals surface area contributed by atoms with Crippen molar-refractivity contribution in [1.29, 1.82) is 0 Å². The Balaban J connectivity index is 1.23. The molecule has 228 valence electrons. The van der Waals surface area contributed by atoms with Gasteiger partial charge in [0.05, 0.1) is 30.0 Å². The van der Waals surface area contributed by atoms with E-state index in [9.17, 15) is 5.11 Å². The number of tetrazole rings is 1. The van der Waals surface area contributed by atoms with Crippen molar-refractivity contribution in [3.63, 3.8) is 0 Å². The first kappa shape index (κ1) is 30.5. The van der Waals surface area contributed by atoms with E-state index < -0.39 is 5.60 Å². The lowest BCUT2D eigenvalue weighted by Gasteiger charge is -2.28. The fraction of sp³-hybridized carbons (Fsp3) is 0.433. The molecule has 1 aliphatic rings. The minimum atomic E-state index is -0.700. The predicted octanol–water partition coefficient (Wildman–Crippen LogP) is 4.29. The standard InChI is InChI=1S/C30H38ClN9O3/c1-21(18-40-20-34-36-37-40)43-27-14-22(6-8-25(27)31)23-16-32-29(33-17-23)35-26-9-7-24(15-28(26)42-4)39-11-5-10-38(12-13-39)19-30(2,3)41/h6-9,14-17,20-21,41H,5,10-13,18-19H2,1-4H3,(H,32,33,35). The van der Waals surface area contributed by atoms with Gasteiger partial charge in [-0.3, -0.25) is 4.90 Å². The molecule has 0 bridgehead atoms. The number of hydrogen-bond donors (Lipinski definition) is 2. The van der Waals surface area contributed by atoms with Gasteiger partial charge in [0.15, 0.2) is 0 Å². The summed E-state index contributed by atoms with van der Waals surface area (Å²) < 4.78 is 13.4. The van der Waals surface area contributed by atoms with E-state index in [4.69, 9.17) is 21.1 Å². The smallest absolute Gasteiger partial charge is 0.227 e. The molecule has 1 atom stereocenters. The number of methoxy groups -OCH3 is 1. The normalized spacial score (nSPS) is 15.2. The molecule has 2 aromatic carbocycles. The fourth-order valence-corrected chi connectivity index (χ4v) is 5.29. The SMILES string of the molecule is COc1cc(N2CCCN(CC(C)(C)O)CC2)ccc1Nc1ncc(-c2ccc(Cl)c(OC(C)Cn3cnnn3)c2)cn1. The fourth-order valence-electron chi connectivity index (χ4n) is 5.13. The van der Waals surface area contributed by atoms with Crippen molar-refractivity contribution in [3.8, 4) is 22.6 Å². The number of aliphatic hydroxyl groups is 1. The van der Waals surface area contributed by atoms with E-state index in [-0.39, 0.29) is 6.10 Å². The van der Waals surface area contributed by atoms with Gasteiger partial charge in [-0.1, -0.05) is 17.7 Å². The van der Waals surface area contributed by atoms with Gasteiger partial charge in [-0.25, -0.2) is 14.6 Å². The molecule has 0 radical (unpaired) electrons. The van der Waals surface area contributed by atoms with E-state index in [1.54, 1.807) is 36.6 Å². The predicted molar refractivity (Wildman–Crippen MR) is 166 cm³/mol. The van der Waals surface area contributed by atoms with E-state index in [0.717, 1.165) is 55.1 Å². The van der Waals surface area contributed by atoms with Crippen LogP contribution >= 0.6 is 11.6 Å². The number of ether oxygens (including phenoxy) is 2. The van der Waals surface area contributed by atoms with Gasteiger partial charge in [0, 0.05) is 62.4 Å². The molecule has 0 saturated carbocycles. The number of hydrogen-bond acceptors (Lipinski definition) is 11. The molecule has 1 fully saturated rings. The first-order valence-corrected chi connectivity index (χ1v) is 14.7. The van der Waals surface area contributed by atoms with Gasteiger partial charge in [-0.15, -0.1) is 5.10 Å². The largest absolute Gasteiger partial charge is 0.494 e. The molecule has 0 spiro atoms. The van der Waals surface area contributed by atoms with Crippen LogP contribution in [-0.4, -0.2) is 91.7 Å². The van der Waals surface area contributed by atoms with Gasteiger partial charge < -0.3 is 24.8 Å². The highest BCUT2D eigenvalue weighted by Gasteiger charge is 2.22. The van der Waals surface area contributed by atoms with E-state index in [1.165, 1.54) is 0 Å². The Hall–Kier alpha value is -4.00. The van der Waals surface area contributed by atoms with Crippen molar-refractivity contribution in [3.05, 3.63) is 60.1 Å². The second kappa shape index (κ2) is 13.5. The van der Waals surface area contributed by atoms with E-state index >= 15 is 0 Å². The van der Waals surface area contributed by atoms with Gasteiger partial charge in [0.2, 0.25) is 5.95 Å². The molecule has 0 aliphatic carbocycles. The third-order valence-electron chi connectivity index (χ3n) is 7.08. The number of β-amino-alcohol motifs (C(OH)–C–C–N with tert-alkyl or cyclic N) is 1.